The Kier molecular flexibility index (Phi) is 5.64. The van der Waals surface area contributed by atoms with Crippen molar-refractivity contribution in [1.82, 2.24) is 0 Å². The fraction of sp³-hybridized carbons (Fsp3) is 0.806. The van der Waals surface area contributed by atoms with Crippen molar-refractivity contribution >= 4 is 5.78 Å². The number of hydrogen-bond donors (Lipinski definition) is 3. The van der Waals surface area contributed by atoms with E-state index in [0.717, 1.165) is 0 Å². The maximum absolute atomic E-state index is 14.4. The van der Waals surface area contributed by atoms with Gasteiger partial charge in [0, 0.05) is 31.4 Å². The summed E-state index contributed by atoms with van der Waals surface area (Å²) in [5, 5.41) is 35.9. The Morgan fingerprint density at radius 2 is 1.81 bits per heavy atom. The lowest BCUT2D eigenvalue weighted by molar-refractivity contribution is -0.351. The van der Waals surface area contributed by atoms with Gasteiger partial charge < -0.3 is 43.4 Å². The van der Waals surface area contributed by atoms with E-state index in [1.165, 1.54) is 19.4 Å². The molecule has 7 aliphatic rings. The van der Waals surface area contributed by atoms with E-state index in [-0.39, 0.29) is 24.2 Å². The van der Waals surface area contributed by atoms with Crippen molar-refractivity contribution in [2.24, 2.45) is 22.7 Å². The number of aliphatic hydroxyl groups is 3. The van der Waals surface area contributed by atoms with Crippen molar-refractivity contribution < 1.29 is 48.2 Å². The quantitative estimate of drug-likeness (QED) is 0.339. The Bertz CT molecular complexity index is 1360. The zero-order chi connectivity index (χ0) is 29.6. The van der Waals surface area contributed by atoms with Crippen LogP contribution < -0.4 is 5.63 Å². The van der Waals surface area contributed by atoms with E-state index < -0.39 is 75.7 Å². The molecular weight excluding hydrogens is 548 g/mol. The molecule has 11 nitrogen and oxygen atoms in total. The first-order valence-corrected chi connectivity index (χ1v) is 15.3. The molecule has 42 heavy (non-hydrogen) atoms. The minimum absolute atomic E-state index is 0.00925. The summed E-state index contributed by atoms with van der Waals surface area (Å²) in [6, 6.07) is 2.97. The van der Waals surface area contributed by atoms with Crippen LogP contribution in [0, 0.1) is 22.7 Å². The Morgan fingerprint density at radius 1 is 1.02 bits per heavy atom. The monoisotopic (exact) mass is 588 g/mol. The van der Waals surface area contributed by atoms with Crippen LogP contribution in [0.5, 0.6) is 0 Å². The summed E-state index contributed by atoms with van der Waals surface area (Å²) < 4.78 is 36.5. The van der Waals surface area contributed by atoms with Crippen LogP contribution in [0.2, 0.25) is 0 Å². The van der Waals surface area contributed by atoms with Gasteiger partial charge in [-0.2, -0.15) is 0 Å². The maximum atomic E-state index is 14.4. The van der Waals surface area contributed by atoms with Crippen LogP contribution in [-0.2, 0) is 28.5 Å². The average molecular weight is 589 g/mol. The predicted octanol–water partition coefficient (Wildman–Crippen LogP) is 1.39. The van der Waals surface area contributed by atoms with Crippen LogP contribution in [0.15, 0.2) is 27.6 Å². The molecule has 3 saturated heterocycles. The van der Waals surface area contributed by atoms with Gasteiger partial charge in [-0.25, -0.2) is 4.79 Å². The van der Waals surface area contributed by atoms with E-state index in [4.69, 9.17) is 28.1 Å². The minimum Gasteiger partial charge on any atom is -0.431 e. The molecular formula is C31H40O11. The lowest BCUT2D eigenvalue weighted by Gasteiger charge is -2.63. The van der Waals surface area contributed by atoms with E-state index in [1.54, 1.807) is 13.0 Å². The van der Waals surface area contributed by atoms with Crippen LogP contribution in [0.25, 0.3) is 0 Å². The molecule has 0 radical (unpaired) electrons. The zero-order valence-corrected chi connectivity index (χ0v) is 24.4. The van der Waals surface area contributed by atoms with Crippen molar-refractivity contribution in [3.8, 4) is 0 Å². The Labute approximate surface area is 243 Å². The summed E-state index contributed by atoms with van der Waals surface area (Å²) in [7, 11) is 1.51. The van der Waals surface area contributed by atoms with Crippen LogP contribution in [0.4, 0.5) is 0 Å². The number of aliphatic hydroxyl groups excluding tert-OH is 2. The highest BCUT2D eigenvalue weighted by molar-refractivity contribution is 5.94. The molecule has 3 N–H and O–H groups in total. The number of hydrogen-bond acceptors (Lipinski definition) is 11. The molecule has 15 atom stereocenters. The van der Waals surface area contributed by atoms with Crippen molar-refractivity contribution in [3.05, 3.63) is 34.4 Å². The zero-order valence-electron chi connectivity index (χ0n) is 24.4. The second kappa shape index (κ2) is 8.51. The van der Waals surface area contributed by atoms with Crippen LogP contribution in [0.3, 0.4) is 0 Å². The fourth-order valence-corrected chi connectivity index (χ4v) is 10.8. The standard InChI is InChI=1S/C31H40O11/c1-14-11-29(37-4)25(35)26(39-14)40-18-9-16-10-20-31(42-20)23(27(16,2)12-19(18)41-29)22(33)24(34)28(3)17(7-8-30(28,31)36)15-5-6-21(32)38-13-15/h5-6,13-14,16-20,22-23,25-26,33,35-36H,7-12H2,1-4H3. The lowest BCUT2D eigenvalue weighted by atomic mass is 9.41. The first-order valence-electron chi connectivity index (χ1n) is 15.3. The largest absolute Gasteiger partial charge is 0.431 e. The molecule has 4 heterocycles. The summed E-state index contributed by atoms with van der Waals surface area (Å²) in [5.74, 6) is -2.82. The molecule has 1 aromatic heterocycles. The highest BCUT2D eigenvalue weighted by atomic mass is 16.8. The molecule has 0 aromatic carbocycles. The number of fused-ring (bicyclic) bond motifs is 6. The summed E-state index contributed by atoms with van der Waals surface area (Å²) >= 11 is 0. The topological polar surface area (TPSA) is 157 Å². The van der Waals surface area contributed by atoms with Crippen molar-refractivity contribution in [2.75, 3.05) is 7.11 Å². The summed E-state index contributed by atoms with van der Waals surface area (Å²) in [6.45, 7) is 5.71. The molecule has 15 unspecified atom stereocenters. The van der Waals surface area contributed by atoms with E-state index in [0.29, 0.717) is 44.1 Å². The van der Waals surface area contributed by atoms with E-state index >= 15 is 0 Å². The third-order valence-electron chi connectivity index (χ3n) is 12.8. The minimum atomic E-state index is -1.53. The number of Topliss-reactive ketones (excluding diaryl/α,β-unsaturated/α-hetero) is 1. The number of carbonyl (C=O) groups is 1. The van der Waals surface area contributed by atoms with Crippen LogP contribution in [0.1, 0.15) is 70.8 Å². The Hall–Kier alpha value is -1.70. The number of methoxy groups -OCH3 is 1. The molecule has 8 rings (SSSR count). The second-order valence-electron chi connectivity index (χ2n) is 14.4. The third-order valence-corrected chi connectivity index (χ3v) is 12.8. The number of carbonyl (C=O) groups excluding carboxylic acids is 1. The summed E-state index contributed by atoms with van der Waals surface area (Å²) in [6.07, 6.45) is -0.738. The van der Waals surface area contributed by atoms with Gasteiger partial charge in [0.2, 0.25) is 5.79 Å². The normalized spacial score (nSPS) is 57.6. The van der Waals surface area contributed by atoms with Gasteiger partial charge in [0.1, 0.15) is 17.3 Å². The summed E-state index contributed by atoms with van der Waals surface area (Å²) in [5.41, 5.74) is -4.45. The Morgan fingerprint density at radius 3 is 2.52 bits per heavy atom. The van der Waals surface area contributed by atoms with Gasteiger partial charge in [0.25, 0.3) is 0 Å². The molecule has 7 fully saturated rings. The first kappa shape index (κ1) is 27.8. The average Bonchev–Trinajstić information content (AvgIpc) is 3.61. The van der Waals surface area contributed by atoms with Crippen LogP contribution in [-0.4, -0.2) is 88.1 Å². The molecule has 1 spiro atoms. The van der Waals surface area contributed by atoms with Gasteiger partial charge in [-0.05, 0) is 68.9 Å². The molecule has 230 valence electrons. The summed E-state index contributed by atoms with van der Waals surface area (Å²) in [4.78, 5) is 26.1. The number of ketones is 1. The van der Waals surface area contributed by atoms with Crippen molar-refractivity contribution in [2.45, 2.75) is 125 Å². The van der Waals surface area contributed by atoms with Crippen molar-refractivity contribution in [1.29, 1.82) is 0 Å². The number of rotatable bonds is 2. The molecule has 2 bridgehead atoms. The molecule has 11 heteroatoms. The molecule has 1 aromatic rings. The van der Waals surface area contributed by atoms with Gasteiger partial charge in [-0.3, -0.25) is 4.79 Å². The fourth-order valence-electron chi connectivity index (χ4n) is 10.8. The SMILES string of the molecule is COC12CC(C)OC(OC3CC4CC5OC56C(C(O)C(=O)C5(C)C(c7ccc(=O)oc7)CCC56O)C4(C)CC3O1)C2O. The predicted molar refractivity (Wildman–Crippen MR) is 142 cm³/mol. The smallest absolute Gasteiger partial charge is 0.335 e. The highest BCUT2D eigenvalue weighted by Gasteiger charge is 2.88. The molecule has 4 saturated carbocycles. The van der Waals surface area contributed by atoms with E-state index in [2.05, 4.69) is 6.92 Å². The third kappa shape index (κ3) is 3.09. The molecule has 4 aliphatic carbocycles. The maximum Gasteiger partial charge on any atom is 0.335 e. The molecule has 3 aliphatic heterocycles. The number of epoxide rings is 1. The van der Waals surface area contributed by atoms with E-state index in [9.17, 15) is 24.9 Å². The van der Waals surface area contributed by atoms with Crippen LogP contribution >= 0.6 is 0 Å². The lowest BCUT2D eigenvalue weighted by Crippen LogP contribution is -2.76. The van der Waals surface area contributed by atoms with Gasteiger partial charge in [0.15, 0.2) is 18.2 Å². The van der Waals surface area contributed by atoms with Gasteiger partial charge in [-0.15, -0.1) is 0 Å². The number of ether oxygens (including phenoxy) is 5. The highest BCUT2D eigenvalue weighted by Crippen LogP contribution is 2.77. The second-order valence-corrected chi connectivity index (χ2v) is 14.4. The van der Waals surface area contributed by atoms with Gasteiger partial charge >= 0.3 is 5.63 Å². The van der Waals surface area contributed by atoms with E-state index in [1.807, 2.05) is 6.92 Å². The Balaban J connectivity index is 1.18. The van der Waals surface area contributed by atoms with Crippen molar-refractivity contribution in [3.63, 3.8) is 0 Å². The van der Waals surface area contributed by atoms with Gasteiger partial charge in [-0.1, -0.05) is 6.92 Å². The first-order chi connectivity index (χ1) is 19.8. The van der Waals surface area contributed by atoms with Gasteiger partial charge in [0.05, 0.1) is 36.1 Å². The molecule has 0 amide bonds.